The minimum Gasteiger partial charge on any atom is -0.496 e. The minimum atomic E-state index is -4.63. The number of carbonyl (C=O) groups is 1. The molecule has 2 atom stereocenters. The zero-order valence-corrected chi connectivity index (χ0v) is 14.5. The molecule has 2 aliphatic rings. The van der Waals surface area contributed by atoms with Crippen LogP contribution in [0.3, 0.4) is 0 Å². The Kier molecular flexibility index (Phi) is 4.59. The van der Waals surface area contributed by atoms with Gasteiger partial charge in [-0.25, -0.2) is 8.42 Å². The van der Waals surface area contributed by atoms with E-state index < -0.39 is 43.8 Å². The summed E-state index contributed by atoms with van der Waals surface area (Å²) in [5.74, 6) is -1.31. The third kappa shape index (κ3) is 3.28. The number of halogens is 3. The summed E-state index contributed by atoms with van der Waals surface area (Å²) in [4.78, 5) is 12.7. The summed E-state index contributed by atoms with van der Waals surface area (Å²) in [6.07, 6.45) is -2.36. The van der Waals surface area contributed by atoms with Crippen molar-refractivity contribution in [2.45, 2.75) is 48.8 Å². The summed E-state index contributed by atoms with van der Waals surface area (Å²) in [6, 6.07) is 3.26. The first-order chi connectivity index (χ1) is 11.6. The van der Waals surface area contributed by atoms with Crippen LogP contribution in [-0.4, -0.2) is 31.8 Å². The predicted molar refractivity (Wildman–Crippen MR) is 85.4 cm³/mol. The van der Waals surface area contributed by atoms with Gasteiger partial charge in [0.1, 0.15) is 5.75 Å². The molecular formula is C17H19F3O4S. The van der Waals surface area contributed by atoms with Crippen LogP contribution in [0.15, 0.2) is 18.2 Å². The lowest BCUT2D eigenvalue weighted by Gasteiger charge is -2.38. The zero-order chi connectivity index (χ0) is 18.4. The normalized spacial score (nSPS) is 28.4. The molecule has 2 bridgehead atoms. The van der Waals surface area contributed by atoms with Crippen LogP contribution >= 0.6 is 0 Å². The van der Waals surface area contributed by atoms with E-state index >= 15 is 0 Å². The summed E-state index contributed by atoms with van der Waals surface area (Å²) in [6.45, 7) is 0. The molecule has 0 saturated carbocycles. The molecule has 4 nitrogen and oxygen atoms in total. The largest absolute Gasteiger partial charge is 0.496 e. The van der Waals surface area contributed by atoms with Crippen LogP contribution in [-0.2, 0) is 16.0 Å². The molecule has 0 aliphatic carbocycles. The van der Waals surface area contributed by atoms with Crippen molar-refractivity contribution in [2.75, 3.05) is 7.11 Å². The van der Waals surface area contributed by atoms with Gasteiger partial charge in [-0.05, 0) is 43.9 Å². The lowest BCUT2D eigenvalue weighted by atomic mass is 9.84. The van der Waals surface area contributed by atoms with Crippen molar-refractivity contribution in [3.05, 3.63) is 29.3 Å². The number of Topliss-reactive ketones (excluding diaryl/α,β-unsaturated/α-hetero) is 1. The quantitative estimate of drug-likeness (QED) is 0.756. The number of hydrogen-bond acceptors (Lipinski definition) is 4. The molecule has 0 amide bonds. The monoisotopic (exact) mass is 376 g/mol. The maximum Gasteiger partial charge on any atom is 0.419 e. The molecule has 3 rings (SSSR count). The van der Waals surface area contributed by atoms with E-state index in [0.717, 1.165) is 25.7 Å². The van der Waals surface area contributed by atoms with E-state index in [1.54, 1.807) is 0 Å². The average molecular weight is 376 g/mol. The van der Waals surface area contributed by atoms with Gasteiger partial charge in [-0.15, -0.1) is 0 Å². The standard InChI is InChI=1S/C17H19F3O4S/c1-24-15-6-5-10(9-14(15)17(18,19)20)16(21)11-7-12-3-2-4-13(8-11)25(12,22)23/h5-6,9,11-13H,2-4,7-8H2,1H3. The first-order valence-electron chi connectivity index (χ1n) is 8.16. The molecule has 2 heterocycles. The number of ether oxygens (including phenoxy) is 1. The number of benzene rings is 1. The lowest BCUT2D eigenvalue weighted by Crippen LogP contribution is -2.45. The molecule has 0 spiro atoms. The number of carbonyl (C=O) groups excluding carboxylic acids is 1. The molecule has 0 aromatic heterocycles. The smallest absolute Gasteiger partial charge is 0.419 e. The Morgan fingerprint density at radius 1 is 1.16 bits per heavy atom. The molecule has 2 fully saturated rings. The zero-order valence-electron chi connectivity index (χ0n) is 13.7. The van der Waals surface area contributed by atoms with Gasteiger partial charge in [-0.2, -0.15) is 13.2 Å². The highest BCUT2D eigenvalue weighted by atomic mass is 32.2. The van der Waals surface area contributed by atoms with Crippen LogP contribution in [0.5, 0.6) is 5.75 Å². The average Bonchev–Trinajstić information content (AvgIpc) is 2.51. The molecule has 2 unspecified atom stereocenters. The number of fused-ring (bicyclic) bond motifs is 2. The van der Waals surface area contributed by atoms with Crippen LogP contribution in [0.4, 0.5) is 13.2 Å². The van der Waals surface area contributed by atoms with Crippen molar-refractivity contribution >= 4 is 15.6 Å². The number of alkyl halides is 3. The summed E-state index contributed by atoms with van der Waals surface area (Å²) in [5.41, 5.74) is -1.04. The third-order valence-corrected chi connectivity index (χ3v) is 7.95. The number of methoxy groups -OCH3 is 1. The fourth-order valence-corrected chi connectivity index (χ4v) is 6.48. The van der Waals surface area contributed by atoms with Gasteiger partial charge in [0.25, 0.3) is 0 Å². The van der Waals surface area contributed by atoms with E-state index in [4.69, 9.17) is 4.74 Å². The van der Waals surface area contributed by atoms with Crippen LogP contribution in [0, 0.1) is 5.92 Å². The summed E-state index contributed by atoms with van der Waals surface area (Å²) >= 11 is 0. The number of ketones is 1. The van der Waals surface area contributed by atoms with E-state index in [1.165, 1.54) is 6.07 Å². The second-order valence-corrected chi connectivity index (χ2v) is 9.22. The highest BCUT2D eigenvalue weighted by Crippen LogP contribution is 2.42. The SMILES string of the molecule is COc1ccc(C(=O)C2CC3CCCC(C2)S3(=O)=O)cc1C(F)(F)F. The van der Waals surface area contributed by atoms with Crippen molar-refractivity contribution in [2.24, 2.45) is 5.92 Å². The Morgan fingerprint density at radius 2 is 1.76 bits per heavy atom. The Labute approximate surface area is 144 Å². The minimum absolute atomic E-state index is 0.0458. The van der Waals surface area contributed by atoms with Crippen molar-refractivity contribution in [3.63, 3.8) is 0 Å². The van der Waals surface area contributed by atoms with E-state index in [2.05, 4.69) is 0 Å². The lowest BCUT2D eigenvalue weighted by molar-refractivity contribution is -0.138. The summed E-state index contributed by atoms with van der Waals surface area (Å²) in [7, 11) is -2.07. The van der Waals surface area contributed by atoms with Gasteiger partial charge in [0, 0.05) is 11.5 Å². The number of rotatable bonds is 3. The first-order valence-corrected chi connectivity index (χ1v) is 9.77. The topological polar surface area (TPSA) is 60.4 Å². The second kappa shape index (κ2) is 6.30. The predicted octanol–water partition coefficient (Wildman–Crippen LogP) is 3.64. The molecule has 138 valence electrons. The number of hydrogen-bond donors (Lipinski definition) is 0. The molecule has 0 N–H and O–H groups in total. The molecule has 2 aliphatic heterocycles. The Morgan fingerprint density at radius 3 is 2.28 bits per heavy atom. The molecule has 1 aromatic rings. The van der Waals surface area contributed by atoms with Gasteiger partial charge in [0.05, 0.1) is 23.2 Å². The van der Waals surface area contributed by atoms with E-state index in [-0.39, 0.29) is 24.2 Å². The van der Waals surface area contributed by atoms with E-state index in [0.29, 0.717) is 12.8 Å². The van der Waals surface area contributed by atoms with Crippen molar-refractivity contribution in [3.8, 4) is 5.75 Å². The summed E-state index contributed by atoms with van der Waals surface area (Å²) < 4.78 is 68.7. The maximum absolute atomic E-state index is 13.1. The Hall–Kier alpha value is -1.57. The van der Waals surface area contributed by atoms with Crippen molar-refractivity contribution in [1.82, 2.24) is 0 Å². The highest BCUT2D eigenvalue weighted by molar-refractivity contribution is 7.92. The third-order valence-electron chi connectivity index (χ3n) is 5.24. The van der Waals surface area contributed by atoms with Gasteiger partial charge in [-0.3, -0.25) is 4.79 Å². The van der Waals surface area contributed by atoms with Gasteiger partial charge in [-0.1, -0.05) is 6.42 Å². The van der Waals surface area contributed by atoms with E-state index in [1.807, 2.05) is 0 Å². The van der Waals surface area contributed by atoms with Crippen LogP contribution in [0.1, 0.15) is 48.0 Å². The first kappa shape index (κ1) is 18.2. The fraction of sp³-hybridized carbons (Fsp3) is 0.588. The summed E-state index contributed by atoms with van der Waals surface area (Å²) in [5, 5.41) is -1.09. The van der Waals surface area contributed by atoms with Crippen LogP contribution < -0.4 is 4.74 Å². The van der Waals surface area contributed by atoms with Gasteiger partial charge >= 0.3 is 6.18 Å². The molecule has 1 aromatic carbocycles. The highest BCUT2D eigenvalue weighted by Gasteiger charge is 2.46. The van der Waals surface area contributed by atoms with E-state index in [9.17, 15) is 26.4 Å². The second-order valence-electron chi connectivity index (χ2n) is 6.71. The fourth-order valence-electron chi connectivity index (χ4n) is 3.94. The Bertz CT molecular complexity index is 766. The number of sulfone groups is 1. The van der Waals surface area contributed by atoms with Crippen LogP contribution in [0.2, 0.25) is 0 Å². The molecule has 0 radical (unpaired) electrons. The van der Waals surface area contributed by atoms with Crippen molar-refractivity contribution in [1.29, 1.82) is 0 Å². The maximum atomic E-state index is 13.1. The van der Waals surface area contributed by atoms with Gasteiger partial charge in [0.15, 0.2) is 15.6 Å². The molecule has 2 saturated heterocycles. The van der Waals surface area contributed by atoms with Crippen LogP contribution in [0.25, 0.3) is 0 Å². The van der Waals surface area contributed by atoms with Gasteiger partial charge < -0.3 is 4.74 Å². The molecule has 8 heteroatoms. The van der Waals surface area contributed by atoms with Gasteiger partial charge in [0.2, 0.25) is 0 Å². The van der Waals surface area contributed by atoms with Crippen molar-refractivity contribution < 1.29 is 31.1 Å². The molecule has 25 heavy (non-hydrogen) atoms. The Balaban J connectivity index is 1.89. The molecular weight excluding hydrogens is 357 g/mol.